The van der Waals surface area contributed by atoms with Crippen molar-refractivity contribution in [1.29, 1.82) is 0 Å². The molecule has 0 aliphatic carbocycles. The van der Waals surface area contributed by atoms with E-state index in [2.05, 4.69) is 46.3 Å². The summed E-state index contributed by atoms with van der Waals surface area (Å²) in [7, 11) is 1.79. The maximum absolute atomic E-state index is 5.58. The van der Waals surface area contributed by atoms with Gasteiger partial charge in [0.2, 0.25) is 5.89 Å². The van der Waals surface area contributed by atoms with E-state index in [0.29, 0.717) is 30.4 Å². The number of rotatable bonds is 4. The predicted octanol–water partition coefficient (Wildman–Crippen LogP) is 1.69. The van der Waals surface area contributed by atoms with Crippen molar-refractivity contribution in [2.45, 2.75) is 53.2 Å². The van der Waals surface area contributed by atoms with E-state index >= 15 is 0 Å². The zero-order valence-corrected chi connectivity index (χ0v) is 14.6. The van der Waals surface area contributed by atoms with Crippen LogP contribution in [0, 0.1) is 19.8 Å². The fourth-order valence-corrected chi connectivity index (χ4v) is 2.76. The number of hydrogen-bond donors (Lipinski definition) is 2. The maximum Gasteiger partial charge on any atom is 0.214 e. The Hall–Kier alpha value is -1.56. The molecule has 2 N–H and O–H groups in total. The third kappa shape index (κ3) is 4.00. The van der Waals surface area contributed by atoms with Gasteiger partial charge in [0.25, 0.3) is 0 Å². The zero-order chi connectivity index (χ0) is 16.3. The first kappa shape index (κ1) is 16.8. The normalized spacial score (nSPS) is 23.3. The molecule has 2 rings (SSSR count). The molecular weight excluding hydrogens is 278 g/mol. The Kier molecular flexibility index (Phi) is 5.45. The molecule has 0 amide bonds. The van der Waals surface area contributed by atoms with Crippen LogP contribution < -0.4 is 10.6 Å². The second-order valence-electron chi connectivity index (χ2n) is 6.45. The van der Waals surface area contributed by atoms with Crippen LogP contribution in [-0.2, 0) is 6.54 Å². The Labute approximate surface area is 133 Å². The average Bonchev–Trinajstić information content (AvgIpc) is 2.98. The van der Waals surface area contributed by atoms with E-state index in [4.69, 9.17) is 4.42 Å². The van der Waals surface area contributed by atoms with Crippen LogP contribution in [0.4, 0.5) is 0 Å². The number of likely N-dealkylation sites (tertiary alicyclic amines) is 1. The maximum atomic E-state index is 5.58. The van der Waals surface area contributed by atoms with Gasteiger partial charge in [-0.2, -0.15) is 0 Å². The minimum atomic E-state index is 0.418. The molecule has 1 aromatic rings. The van der Waals surface area contributed by atoms with Crippen LogP contribution in [0.3, 0.4) is 0 Å². The molecule has 1 saturated heterocycles. The van der Waals surface area contributed by atoms with Crippen molar-refractivity contribution in [3.05, 3.63) is 17.3 Å². The molecule has 0 radical (unpaired) electrons. The van der Waals surface area contributed by atoms with Crippen LogP contribution in [0.2, 0.25) is 0 Å². The third-order valence-electron chi connectivity index (χ3n) is 4.40. The van der Waals surface area contributed by atoms with Crippen LogP contribution in [0.1, 0.15) is 38.1 Å². The van der Waals surface area contributed by atoms with Crippen molar-refractivity contribution < 1.29 is 4.42 Å². The smallest absolute Gasteiger partial charge is 0.214 e. The van der Waals surface area contributed by atoms with Crippen molar-refractivity contribution in [2.24, 2.45) is 10.9 Å². The summed E-state index contributed by atoms with van der Waals surface area (Å²) in [5, 5.41) is 6.80. The molecule has 1 aliphatic rings. The topological polar surface area (TPSA) is 65.7 Å². The van der Waals surface area contributed by atoms with Gasteiger partial charge in [-0.05, 0) is 33.6 Å². The van der Waals surface area contributed by atoms with Gasteiger partial charge >= 0.3 is 0 Å². The molecule has 2 atom stereocenters. The van der Waals surface area contributed by atoms with E-state index in [0.717, 1.165) is 30.5 Å². The standard InChI is InChI=1S/C16H29N5O/c1-10(2)21-8-11(3)14(9-21)20-16(17-6)18-7-15-19-12(4)13(5)22-15/h10-11,14H,7-9H2,1-6H3,(H2,17,18,20). The van der Waals surface area contributed by atoms with Crippen LogP contribution >= 0.6 is 0 Å². The second-order valence-corrected chi connectivity index (χ2v) is 6.45. The highest BCUT2D eigenvalue weighted by Crippen LogP contribution is 2.18. The van der Waals surface area contributed by atoms with E-state index in [1.165, 1.54) is 0 Å². The highest BCUT2D eigenvalue weighted by molar-refractivity contribution is 5.79. The molecule has 2 heterocycles. The molecule has 1 aliphatic heterocycles. The van der Waals surface area contributed by atoms with E-state index in [9.17, 15) is 0 Å². The van der Waals surface area contributed by atoms with Crippen molar-refractivity contribution in [2.75, 3.05) is 20.1 Å². The molecule has 22 heavy (non-hydrogen) atoms. The summed E-state index contributed by atoms with van der Waals surface area (Å²) in [4.78, 5) is 11.2. The summed E-state index contributed by atoms with van der Waals surface area (Å²) in [6, 6.07) is 1.00. The number of aliphatic imine (C=N–C) groups is 1. The molecule has 6 nitrogen and oxygen atoms in total. The van der Waals surface area contributed by atoms with Crippen LogP contribution in [-0.4, -0.2) is 48.1 Å². The van der Waals surface area contributed by atoms with E-state index in [1.54, 1.807) is 7.05 Å². The van der Waals surface area contributed by atoms with Crippen LogP contribution in [0.15, 0.2) is 9.41 Å². The number of hydrogen-bond acceptors (Lipinski definition) is 4. The number of aryl methyl sites for hydroxylation is 2. The molecule has 1 fully saturated rings. The minimum Gasteiger partial charge on any atom is -0.444 e. The van der Waals surface area contributed by atoms with Crippen molar-refractivity contribution >= 4 is 5.96 Å². The fraction of sp³-hybridized carbons (Fsp3) is 0.750. The molecule has 1 aromatic heterocycles. The first-order chi connectivity index (χ1) is 10.4. The monoisotopic (exact) mass is 307 g/mol. The Morgan fingerprint density at radius 3 is 2.64 bits per heavy atom. The largest absolute Gasteiger partial charge is 0.444 e. The highest BCUT2D eigenvalue weighted by atomic mass is 16.4. The molecule has 0 spiro atoms. The minimum absolute atomic E-state index is 0.418. The van der Waals surface area contributed by atoms with Gasteiger partial charge in [0.15, 0.2) is 5.96 Å². The first-order valence-electron chi connectivity index (χ1n) is 8.04. The quantitative estimate of drug-likeness (QED) is 0.654. The second kappa shape index (κ2) is 7.13. The summed E-state index contributed by atoms with van der Waals surface area (Å²) >= 11 is 0. The first-order valence-corrected chi connectivity index (χ1v) is 8.04. The fourth-order valence-electron chi connectivity index (χ4n) is 2.76. The van der Waals surface area contributed by atoms with Crippen molar-refractivity contribution in [1.82, 2.24) is 20.5 Å². The summed E-state index contributed by atoms with van der Waals surface area (Å²) in [6.07, 6.45) is 0. The molecule has 2 unspecified atom stereocenters. The van der Waals surface area contributed by atoms with Crippen LogP contribution in [0.5, 0.6) is 0 Å². The summed E-state index contributed by atoms with van der Waals surface area (Å²) in [6.45, 7) is 13.4. The zero-order valence-electron chi connectivity index (χ0n) is 14.6. The van der Waals surface area contributed by atoms with E-state index < -0.39 is 0 Å². The molecule has 0 saturated carbocycles. The van der Waals surface area contributed by atoms with Gasteiger partial charge in [0, 0.05) is 32.2 Å². The lowest BCUT2D eigenvalue weighted by Crippen LogP contribution is -2.46. The number of nitrogens with one attached hydrogen (secondary N) is 2. The van der Waals surface area contributed by atoms with Crippen molar-refractivity contribution in [3.63, 3.8) is 0 Å². The Morgan fingerprint density at radius 1 is 1.41 bits per heavy atom. The number of guanidine groups is 1. The SMILES string of the molecule is CN=C(NCc1nc(C)c(C)o1)NC1CN(C(C)C)CC1C. The molecule has 0 aromatic carbocycles. The Balaban J connectivity index is 1.87. The molecular formula is C16H29N5O. The van der Waals surface area contributed by atoms with Crippen LogP contribution in [0.25, 0.3) is 0 Å². The van der Waals surface area contributed by atoms with Gasteiger partial charge < -0.3 is 15.1 Å². The Morgan fingerprint density at radius 2 is 2.14 bits per heavy atom. The van der Waals surface area contributed by atoms with Gasteiger partial charge in [-0.1, -0.05) is 6.92 Å². The Bertz CT molecular complexity index is 503. The third-order valence-corrected chi connectivity index (χ3v) is 4.40. The highest BCUT2D eigenvalue weighted by Gasteiger charge is 2.31. The lowest BCUT2D eigenvalue weighted by atomic mass is 10.1. The van der Waals surface area contributed by atoms with Gasteiger partial charge in [-0.3, -0.25) is 9.89 Å². The van der Waals surface area contributed by atoms with Gasteiger partial charge in [-0.15, -0.1) is 0 Å². The van der Waals surface area contributed by atoms with Crippen molar-refractivity contribution in [3.8, 4) is 0 Å². The van der Waals surface area contributed by atoms with Gasteiger partial charge in [-0.25, -0.2) is 4.98 Å². The molecule has 124 valence electrons. The summed E-state index contributed by atoms with van der Waals surface area (Å²) < 4.78 is 5.58. The van der Waals surface area contributed by atoms with E-state index in [-0.39, 0.29) is 0 Å². The summed E-state index contributed by atoms with van der Waals surface area (Å²) in [5.41, 5.74) is 0.941. The molecule has 0 bridgehead atoms. The van der Waals surface area contributed by atoms with Gasteiger partial charge in [0.05, 0.1) is 12.2 Å². The predicted molar refractivity (Wildman–Crippen MR) is 89.0 cm³/mol. The average molecular weight is 307 g/mol. The number of nitrogens with zero attached hydrogens (tertiary/aromatic N) is 3. The van der Waals surface area contributed by atoms with Gasteiger partial charge in [0.1, 0.15) is 5.76 Å². The number of oxazole rings is 1. The lowest BCUT2D eigenvalue weighted by molar-refractivity contribution is 0.265. The number of aromatic nitrogens is 1. The van der Waals surface area contributed by atoms with E-state index in [1.807, 2.05) is 13.8 Å². The lowest BCUT2D eigenvalue weighted by Gasteiger charge is -2.21. The molecule has 6 heteroatoms. The summed E-state index contributed by atoms with van der Waals surface area (Å²) in [5.74, 6) is 2.97.